The first-order valence-electron chi connectivity index (χ1n) is 9.40. The monoisotopic (exact) mass is 432 g/mol. The van der Waals surface area contributed by atoms with Crippen LogP contribution in [0.5, 0.6) is 0 Å². The highest BCUT2D eigenvalue weighted by Crippen LogP contribution is 2.26. The van der Waals surface area contributed by atoms with Crippen LogP contribution < -0.4 is 11.1 Å². The summed E-state index contributed by atoms with van der Waals surface area (Å²) in [5.74, 6) is 0.781. The van der Waals surface area contributed by atoms with Crippen molar-refractivity contribution in [3.8, 4) is 11.4 Å². The molecule has 2 heterocycles. The molecule has 0 aliphatic carbocycles. The van der Waals surface area contributed by atoms with Crippen LogP contribution in [0.1, 0.15) is 35.7 Å². The predicted octanol–water partition coefficient (Wildman–Crippen LogP) is 4.68. The minimum atomic E-state index is -0.690. The van der Waals surface area contributed by atoms with Crippen molar-refractivity contribution in [3.05, 3.63) is 71.5 Å². The fourth-order valence-electron chi connectivity index (χ4n) is 3.51. The molecule has 1 aliphatic heterocycles. The normalized spacial score (nSPS) is 13.4. The lowest BCUT2D eigenvalue weighted by atomic mass is 10.1. The van der Waals surface area contributed by atoms with Gasteiger partial charge in [-0.3, -0.25) is 4.79 Å². The molecule has 3 aromatic rings. The van der Waals surface area contributed by atoms with Crippen molar-refractivity contribution in [2.45, 2.75) is 38.8 Å². The number of halogens is 2. The van der Waals surface area contributed by atoms with E-state index in [1.54, 1.807) is 0 Å². The summed E-state index contributed by atoms with van der Waals surface area (Å²) >= 11 is 0. The number of aromatic nitrogens is 2. The van der Waals surface area contributed by atoms with Crippen LogP contribution in [0.25, 0.3) is 11.4 Å². The number of fused-ring (bicyclic) bond motifs is 1. The number of nitrogens with zero attached hydrogens (tertiary/aromatic N) is 2. The molecule has 1 aromatic heterocycles. The minimum Gasteiger partial charge on any atom is -0.328 e. The lowest BCUT2D eigenvalue weighted by Gasteiger charge is -2.17. The van der Waals surface area contributed by atoms with E-state index in [0.29, 0.717) is 0 Å². The summed E-state index contributed by atoms with van der Waals surface area (Å²) in [4.78, 5) is 17.0. The lowest BCUT2D eigenvalue weighted by Crippen LogP contribution is -2.27. The Bertz CT molecular complexity index is 952. The molecule has 0 bridgehead atoms. The molecule has 1 unspecified atom stereocenters. The van der Waals surface area contributed by atoms with Crippen molar-refractivity contribution in [1.82, 2.24) is 9.55 Å². The number of amides is 1. The van der Waals surface area contributed by atoms with E-state index < -0.39 is 6.04 Å². The van der Waals surface area contributed by atoms with Crippen molar-refractivity contribution in [2.75, 3.05) is 5.32 Å². The third-order valence-electron chi connectivity index (χ3n) is 5.13. The Balaban J connectivity index is 0.00000150. The highest BCUT2D eigenvalue weighted by Gasteiger charge is 2.17. The van der Waals surface area contributed by atoms with Gasteiger partial charge < -0.3 is 15.6 Å². The Labute approximate surface area is 183 Å². The second-order valence-electron chi connectivity index (χ2n) is 7.14. The van der Waals surface area contributed by atoms with Gasteiger partial charge in [0.1, 0.15) is 11.9 Å². The topological polar surface area (TPSA) is 72.9 Å². The highest BCUT2D eigenvalue weighted by atomic mass is 35.5. The van der Waals surface area contributed by atoms with Gasteiger partial charge in [0.2, 0.25) is 5.91 Å². The smallest absolute Gasteiger partial charge is 0.245 e. The molecule has 7 heteroatoms. The molecule has 29 heavy (non-hydrogen) atoms. The van der Waals surface area contributed by atoms with E-state index in [1.165, 1.54) is 18.5 Å². The molecular formula is C22H26Cl2N4O. The number of hydrogen-bond donors (Lipinski definition) is 2. The largest absolute Gasteiger partial charge is 0.328 e. The van der Waals surface area contributed by atoms with Crippen LogP contribution in [0, 0.1) is 6.92 Å². The second-order valence-corrected chi connectivity index (χ2v) is 7.14. The van der Waals surface area contributed by atoms with Gasteiger partial charge in [0.15, 0.2) is 0 Å². The SMILES string of the molecule is Cc1ccc(C(N)C(=O)Nc2ccc(-c3ncc4n3CCCC4)cc2)cc1.Cl.Cl. The molecule has 1 atom stereocenters. The molecule has 0 radical (unpaired) electrons. The molecule has 3 N–H and O–H groups in total. The van der Waals surface area contributed by atoms with Crippen molar-refractivity contribution in [3.63, 3.8) is 0 Å². The number of carbonyl (C=O) groups excluding carboxylic acids is 1. The number of anilines is 1. The van der Waals surface area contributed by atoms with E-state index in [1.807, 2.05) is 61.7 Å². The molecule has 2 aromatic carbocycles. The van der Waals surface area contributed by atoms with E-state index in [4.69, 9.17) is 5.73 Å². The summed E-state index contributed by atoms with van der Waals surface area (Å²) in [7, 11) is 0. The first-order valence-corrected chi connectivity index (χ1v) is 9.40. The van der Waals surface area contributed by atoms with Crippen LogP contribution in [-0.2, 0) is 17.8 Å². The number of rotatable bonds is 4. The predicted molar refractivity (Wildman–Crippen MR) is 122 cm³/mol. The van der Waals surface area contributed by atoms with Gasteiger partial charge in [0.25, 0.3) is 0 Å². The Kier molecular flexibility index (Phi) is 7.85. The number of hydrogen-bond acceptors (Lipinski definition) is 3. The quantitative estimate of drug-likeness (QED) is 0.628. The third kappa shape index (κ3) is 4.99. The molecule has 1 aliphatic rings. The van der Waals surface area contributed by atoms with Crippen molar-refractivity contribution in [1.29, 1.82) is 0 Å². The average Bonchev–Trinajstić information content (AvgIpc) is 3.13. The van der Waals surface area contributed by atoms with Gasteiger partial charge in [-0.1, -0.05) is 29.8 Å². The zero-order chi connectivity index (χ0) is 18.8. The van der Waals surface area contributed by atoms with E-state index in [-0.39, 0.29) is 30.7 Å². The van der Waals surface area contributed by atoms with Crippen LogP contribution in [0.2, 0.25) is 0 Å². The van der Waals surface area contributed by atoms with Crippen molar-refractivity contribution in [2.24, 2.45) is 5.73 Å². The summed E-state index contributed by atoms with van der Waals surface area (Å²) in [5, 5.41) is 2.90. The van der Waals surface area contributed by atoms with E-state index in [0.717, 1.165) is 41.2 Å². The summed E-state index contributed by atoms with van der Waals surface area (Å²) < 4.78 is 2.30. The third-order valence-corrected chi connectivity index (χ3v) is 5.13. The Morgan fingerprint density at radius 3 is 2.45 bits per heavy atom. The number of benzene rings is 2. The van der Waals surface area contributed by atoms with Crippen LogP contribution in [0.4, 0.5) is 5.69 Å². The van der Waals surface area contributed by atoms with Crippen LogP contribution in [0.15, 0.2) is 54.7 Å². The molecule has 0 fully saturated rings. The van der Waals surface area contributed by atoms with Gasteiger partial charge in [0.05, 0.1) is 0 Å². The van der Waals surface area contributed by atoms with E-state index >= 15 is 0 Å². The molecule has 0 saturated heterocycles. The highest BCUT2D eigenvalue weighted by molar-refractivity contribution is 5.95. The first kappa shape index (κ1) is 22.9. The minimum absolute atomic E-state index is 0. The molecule has 5 nitrogen and oxygen atoms in total. The van der Waals surface area contributed by atoms with E-state index in [2.05, 4.69) is 14.9 Å². The van der Waals surface area contributed by atoms with Gasteiger partial charge >= 0.3 is 0 Å². The summed E-state index contributed by atoms with van der Waals surface area (Å²) in [6.07, 6.45) is 5.50. The van der Waals surface area contributed by atoms with Gasteiger partial charge in [-0.2, -0.15) is 0 Å². The summed E-state index contributed by atoms with van der Waals surface area (Å²) in [6.45, 7) is 3.03. The molecule has 0 saturated carbocycles. The first-order chi connectivity index (χ1) is 13.1. The molecule has 0 spiro atoms. The Morgan fingerprint density at radius 2 is 1.76 bits per heavy atom. The number of nitrogens with one attached hydrogen (secondary N) is 1. The van der Waals surface area contributed by atoms with Crippen molar-refractivity contribution >= 4 is 36.4 Å². The maximum atomic E-state index is 12.5. The van der Waals surface area contributed by atoms with Crippen molar-refractivity contribution < 1.29 is 4.79 Å². The number of carbonyl (C=O) groups is 1. The molecular weight excluding hydrogens is 407 g/mol. The van der Waals surface area contributed by atoms with Gasteiger partial charge in [-0.15, -0.1) is 24.8 Å². The second kappa shape index (κ2) is 9.92. The van der Waals surface area contributed by atoms with Crippen LogP contribution in [-0.4, -0.2) is 15.5 Å². The lowest BCUT2D eigenvalue weighted by molar-refractivity contribution is -0.117. The average molecular weight is 433 g/mol. The number of aryl methyl sites for hydroxylation is 2. The zero-order valence-corrected chi connectivity index (χ0v) is 17.9. The van der Waals surface area contributed by atoms with Gasteiger partial charge in [-0.05, 0) is 56.0 Å². The summed E-state index contributed by atoms with van der Waals surface area (Å²) in [5.41, 5.74) is 11.1. The molecule has 154 valence electrons. The van der Waals surface area contributed by atoms with Gasteiger partial charge in [-0.25, -0.2) is 4.98 Å². The zero-order valence-electron chi connectivity index (χ0n) is 16.3. The Morgan fingerprint density at radius 1 is 1.07 bits per heavy atom. The number of nitrogens with two attached hydrogens (primary N) is 1. The van der Waals surface area contributed by atoms with Gasteiger partial charge in [0, 0.05) is 29.7 Å². The van der Waals surface area contributed by atoms with Crippen LogP contribution in [0.3, 0.4) is 0 Å². The fourth-order valence-corrected chi connectivity index (χ4v) is 3.51. The molecule has 4 rings (SSSR count). The summed E-state index contributed by atoms with van der Waals surface area (Å²) in [6, 6.07) is 14.8. The van der Waals surface area contributed by atoms with E-state index in [9.17, 15) is 4.79 Å². The standard InChI is InChI=1S/C22H24N4O.2ClH/c1-15-5-7-16(8-6-15)20(23)22(27)25-18-11-9-17(10-12-18)21-24-14-19-4-2-3-13-26(19)21;;/h5-12,14,20H,2-4,13,23H2,1H3,(H,25,27);2*1H. The maximum Gasteiger partial charge on any atom is 0.245 e. The molecule has 1 amide bonds. The Hall–Kier alpha value is -2.34. The van der Waals surface area contributed by atoms with Crippen LogP contribution >= 0.6 is 24.8 Å². The maximum absolute atomic E-state index is 12.5. The fraction of sp³-hybridized carbons (Fsp3) is 0.273. The number of imidazole rings is 1.